The molecule has 2 rings (SSSR count). The molecule has 2 nitrogen and oxygen atoms in total. The standard InChI is InChI=1S/C14H27NO/c1-14(2,3)15-7-4-5-12(10-15)9-13-6-8-16-11-13/h12-13H,4-11H2,1-3H3. The van der Waals surface area contributed by atoms with Gasteiger partial charge in [0.2, 0.25) is 0 Å². The third kappa shape index (κ3) is 3.21. The zero-order valence-corrected chi connectivity index (χ0v) is 11.2. The van der Waals surface area contributed by atoms with Crippen molar-refractivity contribution < 1.29 is 4.74 Å². The largest absolute Gasteiger partial charge is 0.381 e. The number of ether oxygens (including phenoxy) is 1. The first-order valence-corrected chi connectivity index (χ1v) is 6.88. The lowest BCUT2D eigenvalue weighted by Crippen LogP contribution is -2.47. The van der Waals surface area contributed by atoms with Crippen LogP contribution in [0, 0.1) is 11.8 Å². The minimum atomic E-state index is 0.352. The van der Waals surface area contributed by atoms with E-state index in [1.807, 2.05) is 0 Å². The maximum atomic E-state index is 5.48. The number of hydrogen-bond donors (Lipinski definition) is 0. The predicted octanol–water partition coefficient (Wildman–Crippen LogP) is 2.92. The lowest BCUT2D eigenvalue weighted by Gasteiger charge is -2.42. The van der Waals surface area contributed by atoms with E-state index in [0.717, 1.165) is 25.0 Å². The number of likely N-dealkylation sites (tertiary alicyclic amines) is 1. The number of hydrogen-bond acceptors (Lipinski definition) is 2. The molecular formula is C14H27NO. The van der Waals surface area contributed by atoms with Crippen LogP contribution in [-0.4, -0.2) is 36.7 Å². The van der Waals surface area contributed by atoms with Crippen LogP contribution in [0.4, 0.5) is 0 Å². The highest BCUT2D eigenvalue weighted by atomic mass is 16.5. The Morgan fingerprint density at radius 2 is 2.00 bits per heavy atom. The third-order valence-electron chi connectivity index (χ3n) is 4.16. The summed E-state index contributed by atoms with van der Waals surface area (Å²) in [5, 5.41) is 0. The normalized spacial score (nSPS) is 33.2. The van der Waals surface area contributed by atoms with Crippen molar-refractivity contribution in [1.29, 1.82) is 0 Å². The monoisotopic (exact) mass is 225 g/mol. The number of nitrogens with zero attached hydrogens (tertiary/aromatic N) is 1. The molecule has 0 aromatic carbocycles. The Hall–Kier alpha value is -0.0800. The van der Waals surface area contributed by atoms with E-state index >= 15 is 0 Å². The summed E-state index contributed by atoms with van der Waals surface area (Å²) in [6.07, 6.45) is 5.51. The van der Waals surface area contributed by atoms with Crippen molar-refractivity contribution >= 4 is 0 Å². The summed E-state index contributed by atoms with van der Waals surface area (Å²) in [6, 6.07) is 0. The molecule has 2 atom stereocenters. The highest BCUT2D eigenvalue weighted by molar-refractivity contribution is 4.83. The van der Waals surface area contributed by atoms with Gasteiger partial charge in [0, 0.05) is 25.3 Å². The molecule has 0 aromatic rings. The smallest absolute Gasteiger partial charge is 0.0495 e. The fourth-order valence-electron chi connectivity index (χ4n) is 3.11. The van der Waals surface area contributed by atoms with E-state index in [0.29, 0.717) is 5.54 Å². The van der Waals surface area contributed by atoms with Crippen molar-refractivity contribution in [2.24, 2.45) is 11.8 Å². The van der Waals surface area contributed by atoms with Crippen LogP contribution in [-0.2, 0) is 4.74 Å². The van der Waals surface area contributed by atoms with Gasteiger partial charge < -0.3 is 4.74 Å². The fraction of sp³-hybridized carbons (Fsp3) is 1.00. The van der Waals surface area contributed by atoms with Crippen molar-refractivity contribution in [2.45, 2.75) is 52.0 Å². The second kappa shape index (κ2) is 5.05. The lowest BCUT2D eigenvalue weighted by molar-refractivity contribution is 0.0690. The van der Waals surface area contributed by atoms with Crippen LogP contribution >= 0.6 is 0 Å². The van der Waals surface area contributed by atoms with E-state index in [9.17, 15) is 0 Å². The van der Waals surface area contributed by atoms with Gasteiger partial charge in [-0.05, 0) is 64.8 Å². The van der Waals surface area contributed by atoms with Crippen molar-refractivity contribution in [2.75, 3.05) is 26.3 Å². The van der Waals surface area contributed by atoms with Gasteiger partial charge in [-0.3, -0.25) is 4.90 Å². The Labute approximate surface area is 100 Å². The molecule has 2 saturated heterocycles. The van der Waals surface area contributed by atoms with Gasteiger partial charge in [0.25, 0.3) is 0 Å². The van der Waals surface area contributed by atoms with Crippen molar-refractivity contribution in [3.63, 3.8) is 0 Å². The van der Waals surface area contributed by atoms with Crippen molar-refractivity contribution in [3.8, 4) is 0 Å². The van der Waals surface area contributed by atoms with Gasteiger partial charge >= 0.3 is 0 Å². The van der Waals surface area contributed by atoms with Crippen molar-refractivity contribution in [3.05, 3.63) is 0 Å². The summed E-state index contributed by atoms with van der Waals surface area (Å²) in [6.45, 7) is 11.6. The second-order valence-corrected chi connectivity index (χ2v) is 6.59. The van der Waals surface area contributed by atoms with Crippen LogP contribution in [0.1, 0.15) is 46.5 Å². The zero-order chi connectivity index (χ0) is 11.6. The molecule has 0 N–H and O–H groups in total. The van der Waals surface area contributed by atoms with Gasteiger partial charge in [-0.15, -0.1) is 0 Å². The molecule has 16 heavy (non-hydrogen) atoms. The molecule has 94 valence electrons. The fourth-order valence-corrected chi connectivity index (χ4v) is 3.11. The summed E-state index contributed by atoms with van der Waals surface area (Å²) in [4.78, 5) is 2.66. The van der Waals surface area contributed by atoms with Crippen LogP contribution in [0.25, 0.3) is 0 Å². The molecule has 0 radical (unpaired) electrons. The van der Waals surface area contributed by atoms with E-state index in [-0.39, 0.29) is 0 Å². The first-order chi connectivity index (χ1) is 7.55. The van der Waals surface area contributed by atoms with Crippen LogP contribution in [0.3, 0.4) is 0 Å². The van der Waals surface area contributed by atoms with Gasteiger partial charge in [0.1, 0.15) is 0 Å². The van der Waals surface area contributed by atoms with E-state index < -0.39 is 0 Å². The molecule has 2 unspecified atom stereocenters. The Morgan fingerprint density at radius 3 is 2.62 bits per heavy atom. The quantitative estimate of drug-likeness (QED) is 0.716. The SMILES string of the molecule is CC(C)(C)N1CCCC(CC2CCOC2)C1. The molecule has 0 spiro atoms. The molecule has 2 fully saturated rings. The second-order valence-electron chi connectivity index (χ2n) is 6.59. The summed E-state index contributed by atoms with van der Waals surface area (Å²) < 4.78 is 5.48. The molecular weight excluding hydrogens is 198 g/mol. The Morgan fingerprint density at radius 1 is 1.19 bits per heavy atom. The lowest BCUT2D eigenvalue weighted by atomic mass is 9.86. The van der Waals surface area contributed by atoms with E-state index in [2.05, 4.69) is 25.7 Å². The van der Waals surface area contributed by atoms with E-state index in [4.69, 9.17) is 4.74 Å². The molecule has 0 aliphatic carbocycles. The zero-order valence-electron chi connectivity index (χ0n) is 11.2. The maximum Gasteiger partial charge on any atom is 0.0495 e. The first-order valence-electron chi connectivity index (χ1n) is 6.88. The molecule has 2 aliphatic heterocycles. The van der Waals surface area contributed by atoms with Crippen LogP contribution in [0.2, 0.25) is 0 Å². The van der Waals surface area contributed by atoms with E-state index in [1.165, 1.54) is 38.8 Å². The topological polar surface area (TPSA) is 12.5 Å². The maximum absolute atomic E-state index is 5.48. The van der Waals surface area contributed by atoms with Gasteiger partial charge in [-0.1, -0.05) is 0 Å². The predicted molar refractivity (Wildman–Crippen MR) is 67.6 cm³/mol. The molecule has 0 aromatic heterocycles. The average Bonchev–Trinajstić information content (AvgIpc) is 2.70. The highest BCUT2D eigenvalue weighted by Gasteiger charge is 2.29. The summed E-state index contributed by atoms with van der Waals surface area (Å²) in [5.74, 6) is 1.77. The van der Waals surface area contributed by atoms with Crippen LogP contribution < -0.4 is 0 Å². The Balaban J connectivity index is 1.81. The molecule has 0 amide bonds. The average molecular weight is 225 g/mol. The molecule has 0 bridgehead atoms. The molecule has 2 heteroatoms. The molecule has 0 saturated carbocycles. The summed E-state index contributed by atoms with van der Waals surface area (Å²) in [7, 11) is 0. The molecule has 2 aliphatic rings. The van der Waals surface area contributed by atoms with Gasteiger partial charge in [-0.25, -0.2) is 0 Å². The summed E-state index contributed by atoms with van der Waals surface area (Å²) >= 11 is 0. The first kappa shape index (κ1) is 12.4. The number of rotatable bonds is 2. The minimum Gasteiger partial charge on any atom is -0.381 e. The van der Waals surface area contributed by atoms with Crippen molar-refractivity contribution in [1.82, 2.24) is 4.90 Å². The van der Waals surface area contributed by atoms with Gasteiger partial charge in [0.05, 0.1) is 0 Å². The van der Waals surface area contributed by atoms with Gasteiger partial charge in [0.15, 0.2) is 0 Å². The Bertz CT molecular complexity index is 215. The van der Waals surface area contributed by atoms with E-state index in [1.54, 1.807) is 0 Å². The number of piperidine rings is 1. The van der Waals surface area contributed by atoms with Crippen LogP contribution in [0.5, 0.6) is 0 Å². The highest BCUT2D eigenvalue weighted by Crippen LogP contribution is 2.30. The molecule has 2 heterocycles. The summed E-state index contributed by atoms with van der Waals surface area (Å²) in [5.41, 5.74) is 0.352. The van der Waals surface area contributed by atoms with Gasteiger partial charge in [-0.2, -0.15) is 0 Å². The minimum absolute atomic E-state index is 0.352. The third-order valence-corrected chi connectivity index (χ3v) is 4.16. The van der Waals surface area contributed by atoms with Crippen LogP contribution in [0.15, 0.2) is 0 Å². The Kier molecular flexibility index (Phi) is 3.91.